The largest absolute Gasteiger partial charge is 0.456 e. The summed E-state index contributed by atoms with van der Waals surface area (Å²) in [7, 11) is 0. The third-order valence-corrected chi connectivity index (χ3v) is 14.2. The summed E-state index contributed by atoms with van der Waals surface area (Å²) >= 11 is 1.85. The first-order valence-electron chi connectivity index (χ1n) is 21.9. The fourth-order valence-electron chi connectivity index (χ4n) is 9.71. The van der Waals surface area contributed by atoms with Crippen LogP contribution in [0.1, 0.15) is 11.1 Å². The van der Waals surface area contributed by atoms with Crippen molar-refractivity contribution in [3.05, 3.63) is 217 Å². The quantitative estimate of drug-likeness (QED) is 0.167. The van der Waals surface area contributed by atoms with Gasteiger partial charge in [0.1, 0.15) is 11.2 Å². The molecule has 0 aliphatic heterocycles. The van der Waals surface area contributed by atoms with Gasteiger partial charge < -0.3 is 4.42 Å². The highest BCUT2D eigenvalue weighted by Gasteiger charge is 2.19. The Kier molecular flexibility index (Phi) is 8.53. The van der Waals surface area contributed by atoms with Crippen molar-refractivity contribution >= 4 is 53.4 Å². The predicted octanol–water partition coefficient (Wildman–Crippen LogP) is 16.5. The van der Waals surface area contributed by atoms with Crippen molar-refractivity contribution in [2.75, 3.05) is 0 Å². The highest BCUT2D eigenvalue weighted by Crippen LogP contribution is 2.42. The molecule has 64 heavy (non-hydrogen) atoms. The van der Waals surface area contributed by atoms with E-state index in [1.807, 2.05) is 29.5 Å². The normalized spacial score (nSPS) is 12.2. The van der Waals surface area contributed by atoms with Gasteiger partial charge in [0, 0.05) is 47.6 Å². The molecule has 1 aliphatic carbocycles. The molecule has 9 aromatic carbocycles. The molecule has 0 amide bonds. The van der Waals surface area contributed by atoms with Gasteiger partial charge in [-0.1, -0.05) is 140 Å². The number of furan rings is 1. The van der Waals surface area contributed by atoms with E-state index < -0.39 is 0 Å². The summed E-state index contributed by atoms with van der Waals surface area (Å²) in [4.78, 5) is 10.6. The lowest BCUT2D eigenvalue weighted by Gasteiger charge is -2.21. The fraction of sp³-hybridized carbons (Fsp3) is 0.0333. The maximum absolute atomic E-state index is 6.13. The van der Waals surface area contributed by atoms with Crippen molar-refractivity contribution in [1.29, 1.82) is 0 Å². The molecule has 1 aliphatic rings. The zero-order chi connectivity index (χ0) is 42.1. The molecule has 0 unspecified atom stereocenters. The average Bonchev–Trinajstić information content (AvgIpc) is 3.94. The molecule has 300 valence electrons. The highest BCUT2D eigenvalue weighted by molar-refractivity contribution is 7.25. The minimum atomic E-state index is 0.693. The van der Waals surface area contributed by atoms with E-state index in [1.54, 1.807) is 0 Å². The molecule has 3 heterocycles. The molecule has 3 aromatic heterocycles. The van der Waals surface area contributed by atoms with Gasteiger partial charge >= 0.3 is 0 Å². The second-order valence-corrected chi connectivity index (χ2v) is 17.9. The molecule has 0 radical (unpaired) electrons. The Labute approximate surface area is 374 Å². The summed E-state index contributed by atoms with van der Waals surface area (Å²) in [6, 6.07) is 74.5. The number of fused-ring (bicyclic) bond motifs is 9. The van der Waals surface area contributed by atoms with Gasteiger partial charge in [-0.25, -0.2) is 9.97 Å². The van der Waals surface area contributed by atoms with E-state index >= 15 is 0 Å². The molecule has 0 N–H and O–H groups in total. The standard InChI is InChI=1S/C60H38N2OS/c1-2-11-41(12-3-1)60-61-54(40-23-18-37(19-24-40)42-26-28-57-52(34-42)49-14-6-8-16-56(49)63-57)36-55(62-60)47-31-45(43-25-22-39-21-20-38-10-4-5-13-48(38)51(39)33-43)30-46(32-47)44-27-29-59-53(35-44)50-15-7-9-17-58(50)64-59/h1-19,22-36H,20-21H2. The lowest BCUT2D eigenvalue weighted by atomic mass is 9.83. The first-order valence-corrected chi connectivity index (χ1v) is 22.7. The van der Waals surface area contributed by atoms with Crippen molar-refractivity contribution in [1.82, 2.24) is 9.97 Å². The van der Waals surface area contributed by atoms with E-state index in [9.17, 15) is 0 Å². The van der Waals surface area contributed by atoms with Crippen molar-refractivity contribution in [2.45, 2.75) is 12.8 Å². The monoisotopic (exact) mass is 834 g/mol. The number of nitrogens with zero attached hydrogens (tertiary/aromatic N) is 2. The summed E-state index contributed by atoms with van der Waals surface area (Å²) in [6.07, 6.45) is 2.12. The van der Waals surface area contributed by atoms with Gasteiger partial charge in [0.25, 0.3) is 0 Å². The van der Waals surface area contributed by atoms with Crippen LogP contribution >= 0.6 is 11.3 Å². The van der Waals surface area contributed by atoms with E-state index in [0.717, 1.165) is 85.1 Å². The Hall–Kier alpha value is -7.92. The van der Waals surface area contributed by atoms with Crippen LogP contribution in [0.25, 0.3) is 121 Å². The van der Waals surface area contributed by atoms with Crippen molar-refractivity contribution in [3.63, 3.8) is 0 Å². The van der Waals surface area contributed by atoms with E-state index in [0.29, 0.717) is 5.82 Å². The SMILES string of the molecule is c1ccc(-c2nc(-c3ccc(-c4ccc5oc6ccccc6c5c4)cc3)cc(-c3cc(-c4ccc5c(c4)-c4ccccc4CC5)cc(-c4ccc5sc6ccccc6c5c4)c3)n2)cc1. The van der Waals surface area contributed by atoms with Gasteiger partial charge in [-0.2, -0.15) is 0 Å². The Morgan fingerprint density at radius 1 is 0.328 bits per heavy atom. The third kappa shape index (κ3) is 6.34. The molecule has 4 heteroatoms. The molecular formula is C60H38N2OS. The Bertz CT molecular complexity index is 3790. The van der Waals surface area contributed by atoms with Gasteiger partial charge in [0.15, 0.2) is 5.82 Å². The molecule has 12 aromatic rings. The smallest absolute Gasteiger partial charge is 0.160 e. The number of hydrogen-bond donors (Lipinski definition) is 0. The van der Waals surface area contributed by atoms with E-state index in [1.165, 1.54) is 53.6 Å². The van der Waals surface area contributed by atoms with E-state index in [4.69, 9.17) is 14.4 Å². The predicted molar refractivity (Wildman–Crippen MR) is 268 cm³/mol. The van der Waals surface area contributed by atoms with Gasteiger partial charge in [-0.15, -0.1) is 11.3 Å². The van der Waals surface area contributed by atoms with Crippen LogP contribution in [0.2, 0.25) is 0 Å². The molecule has 13 rings (SSSR count). The molecular weight excluding hydrogens is 797 g/mol. The van der Waals surface area contributed by atoms with Crippen LogP contribution in [-0.2, 0) is 12.8 Å². The maximum Gasteiger partial charge on any atom is 0.160 e. The first-order chi connectivity index (χ1) is 31.6. The third-order valence-electron chi connectivity index (χ3n) is 13.0. The summed E-state index contributed by atoms with van der Waals surface area (Å²) in [5, 5.41) is 4.83. The molecule has 0 fully saturated rings. The zero-order valence-electron chi connectivity index (χ0n) is 34.8. The summed E-state index contributed by atoms with van der Waals surface area (Å²) in [5.41, 5.74) is 19.0. The zero-order valence-corrected chi connectivity index (χ0v) is 35.6. The van der Waals surface area contributed by atoms with Gasteiger partial charge in [-0.05, 0) is 135 Å². The van der Waals surface area contributed by atoms with Gasteiger partial charge in [-0.3, -0.25) is 0 Å². The van der Waals surface area contributed by atoms with Crippen LogP contribution in [0.4, 0.5) is 0 Å². The van der Waals surface area contributed by atoms with Gasteiger partial charge in [0.05, 0.1) is 11.4 Å². The number of para-hydroxylation sites is 1. The van der Waals surface area contributed by atoms with Crippen LogP contribution in [0, 0.1) is 0 Å². The van der Waals surface area contributed by atoms with Crippen LogP contribution in [-0.4, -0.2) is 9.97 Å². The van der Waals surface area contributed by atoms with Crippen molar-refractivity contribution in [2.24, 2.45) is 0 Å². The Morgan fingerprint density at radius 2 is 0.906 bits per heavy atom. The lowest BCUT2D eigenvalue weighted by Crippen LogP contribution is -2.03. The molecule has 0 saturated carbocycles. The highest BCUT2D eigenvalue weighted by atomic mass is 32.1. The first kappa shape index (κ1) is 36.7. The van der Waals surface area contributed by atoms with E-state index in [-0.39, 0.29) is 0 Å². The molecule has 3 nitrogen and oxygen atoms in total. The number of aryl methyl sites for hydroxylation is 2. The number of rotatable bonds is 6. The minimum Gasteiger partial charge on any atom is -0.456 e. The molecule has 0 spiro atoms. The van der Waals surface area contributed by atoms with Crippen LogP contribution in [0.15, 0.2) is 211 Å². The van der Waals surface area contributed by atoms with Crippen molar-refractivity contribution in [3.8, 4) is 78.4 Å². The summed E-state index contributed by atoms with van der Waals surface area (Å²) < 4.78 is 8.73. The average molecular weight is 835 g/mol. The van der Waals surface area contributed by atoms with Crippen LogP contribution < -0.4 is 0 Å². The Morgan fingerprint density at radius 3 is 1.77 bits per heavy atom. The van der Waals surface area contributed by atoms with Crippen molar-refractivity contribution < 1.29 is 4.42 Å². The Balaban J connectivity index is 0.967. The second-order valence-electron chi connectivity index (χ2n) is 16.9. The molecule has 0 bridgehead atoms. The van der Waals surface area contributed by atoms with Gasteiger partial charge in [0.2, 0.25) is 0 Å². The summed E-state index contributed by atoms with van der Waals surface area (Å²) in [6.45, 7) is 0. The summed E-state index contributed by atoms with van der Waals surface area (Å²) in [5.74, 6) is 0.693. The topological polar surface area (TPSA) is 38.9 Å². The lowest BCUT2D eigenvalue weighted by molar-refractivity contribution is 0.669. The van der Waals surface area contributed by atoms with Crippen LogP contribution in [0.5, 0.6) is 0 Å². The van der Waals surface area contributed by atoms with E-state index in [2.05, 4.69) is 188 Å². The number of hydrogen-bond acceptors (Lipinski definition) is 4. The second kappa shape index (κ2) is 14.9. The number of aromatic nitrogens is 2. The number of thiophene rings is 1. The fourth-order valence-corrected chi connectivity index (χ4v) is 10.8. The maximum atomic E-state index is 6.13. The van der Waals surface area contributed by atoms with Crippen LogP contribution in [0.3, 0.4) is 0 Å². The molecule has 0 atom stereocenters. The minimum absolute atomic E-state index is 0.693. The molecule has 0 saturated heterocycles. The number of benzene rings is 9.